The maximum absolute atomic E-state index is 13.0. The highest BCUT2D eigenvalue weighted by atomic mass is 35.5. The molecule has 1 aromatic heterocycles. The number of esters is 1. The number of aryl methyl sites for hydroxylation is 1. The standard InChI is InChI=1S/C22H21ClO5/c1-13-20(14-5-7-15(23)8-6-14)21(25)17-10-9-16(11-18(17)27-13)26-12-19(24)28-22(2,3)4/h5-11H,12H2,1-4H3. The van der Waals surface area contributed by atoms with Gasteiger partial charge in [0, 0.05) is 11.1 Å². The van der Waals surface area contributed by atoms with Gasteiger partial charge in [0.15, 0.2) is 6.61 Å². The molecular formula is C22H21ClO5. The molecule has 0 radical (unpaired) electrons. The van der Waals surface area contributed by atoms with Crippen molar-refractivity contribution in [1.29, 1.82) is 0 Å². The number of carbonyl (C=O) groups excluding carboxylic acids is 1. The number of fused-ring (bicyclic) bond motifs is 1. The summed E-state index contributed by atoms with van der Waals surface area (Å²) in [5.74, 6) is 0.438. The van der Waals surface area contributed by atoms with Crippen molar-refractivity contribution in [2.45, 2.75) is 33.3 Å². The Balaban J connectivity index is 1.90. The molecule has 146 valence electrons. The summed E-state index contributed by atoms with van der Waals surface area (Å²) in [5.41, 5.74) is 0.905. The zero-order valence-corrected chi connectivity index (χ0v) is 16.9. The quantitative estimate of drug-likeness (QED) is 0.567. The summed E-state index contributed by atoms with van der Waals surface area (Å²) in [6.45, 7) is 6.87. The Hall–Kier alpha value is -2.79. The molecule has 5 nitrogen and oxygen atoms in total. The van der Waals surface area contributed by atoms with Gasteiger partial charge in [0.1, 0.15) is 22.7 Å². The van der Waals surface area contributed by atoms with Crippen LogP contribution in [0.5, 0.6) is 5.75 Å². The van der Waals surface area contributed by atoms with Gasteiger partial charge in [0.25, 0.3) is 0 Å². The lowest BCUT2D eigenvalue weighted by Gasteiger charge is -2.19. The minimum Gasteiger partial charge on any atom is -0.482 e. The number of ether oxygens (including phenoxy) is 2. The number of rotatable bonds is 4. The summed E-state index contributed by atoms with van der Waals surface area (Å²) in [4.78, 5) is 24.8. The molecule has 0 N–H and O–H groups in total. The molecule has 0 aliphatic rings. The molecule has 0 saturated heterocycles. The highest BCUT2D eigenvalue weighted by molar-refractivity contribution is 6.30. The summed E-state index contributed by atoms with van der Waals surface area (Å²) in [5, 5.41) is 1.03. The fraction of sp³-hybridized carbons (Fsp3) is 0.273. The summed E-state index contributed by atoms with van der Waals surface area (Å²) in [6, 6.07) is 11.9. The summed E-state index contributed by atoms with van der Waals surface area (Å²) in [6.07, 6.45) is 0. The molecule has 1 heterocycles. The van der Waals surface area contributed by atoms with Gasteiger partial charge in [0.05, 0.1) is 10.9 Å². The van der Waals surface area contributed by atoms with Gasteiger partial charge in [-0.15, -0.1) is 0 Å². The predicted octanol–water partition coefficient (Wildman–Crippen LogP) is 5.14. The van der Waals surface area contributed by atoms with E-state index in [0.29, 0.717) is 33.1 Å². The van der Waals surface area contributed by atoms with Crippen LogP contribution < -0.4 is 10.2 Å². The van der Waals surface area contributed by atoms with Crippen LogP contribution in [0.1, 0.15) is 26.5 Å². The van der Waals surface area contributed by atoms with E-state index in [0.717, 1.165) is 5.56 Å². The second-order valence-electron chi connectivity index (χ2n) is 7.40. The van der Waals surface area contributed by atoms with Gasteiger partial charge in [-0.25, -0.2) is 4.79 Å². The van der Waals surface area contributed by atoms with Crippen LogP contribution in [0.15, 0.2) is 51.7 Å². The number of halogens is 1. The minimum atomic E-state index is -0.578. The van der Waals surface area contributed by atoms with Gasteiger partial charge >= 0.3 is 5.97 Å². The van der Waals surface area contributed by atoms with E-state index >= 15 is 0 Å². The van der Waals surface area contributed by atoms with Gasteiger partial charge < -0.3 is 13.9 Å². The van der Waals surface area contributed by atoms with Crippen LogP contribution >= 0.6 is 11.6 Å². The molecule has 0 atom stereocenters. The van der Waals surface area contributed by atoms with Crippen molar-refractivity contribution in [3.8, 4) is 16.9 Å². The number of benzene rings is 2. The summed E-state index contributed by atoms with van der Waals surface area (Å²) >= 11 is 5.93. The van der Waals surface area contributed by atoms with Crippen molar-refractivity contribution in [1.82, 2.24) is 0 Å². The van der Waals surface area contributed by atoms with Crippen molar-refractivity contribution in [2.75, 3.05) is 6.61 Å². The van der Waals surface area contributed by atoms with Crippen LogP contribution in [0.4, 0.5) is 0 Å². The van der Waals surface area contributed by atoms with Gasteiger partial charge in [-0.1, -0.05) is 23.7 Å². The molecular weight excluding hydrogens is 380 g/mol. The Bertz CT molecular complexity index is 1080. The molecule has 0 aliphatic carbocycles. The lowest BCUT2D eigenvalue weighted by molar-refractivity contribution is -0.157. The van der Waals surface area contributed by atoms with E-state index in [1.165, 1.54) is 0 Å². The van der Waals surface area contributed by atoms with E-state index in [2.05, 4.69) is 0 Å². The van der Waals surface area contributed by atoms with E-state index < -0.39 is 11.6 Å². The van der Waals surface area contributed by atoms with E-state index in [1.54, 1.807) is 70.2 Å². The first-order chi connectivity index (χ1) is 13.1. The molecule has 3 rings (SSSR count). The topological polar surface area (TPSA) is 65.7 Å². The van der Waals surface area contributed by atoms with E-state index in [9.17, 15) is 9.59 Å². The zero-order valence-electron chi connectivity index (χ0n) is 16.2. The summed E-state index contributed by atoms with van der Waals surface area (Å²) in [7, 11) is 0. The maximum atomic E-state index is 13.0. The lowest BCUT2D eigenvalue weighted by atomic mass is 10.0. The molecule has 3 aromatic rings. The first-order valence-corrected chi connectivity index (χ1v) is 9.20. The van der Waals surface area contributed by atoms with Crippen LogP contribution in [0.2, 0.25) is 5.02 Å². The molecule has 0 bridgehead atoms. The molecule has 6 heteroatoms. The average molecular weight is 401 g/mol. The van der Waals surface area contributed by atoms with Gasteiger partial charge in [0.2, 0.25) is 5.43 Å². The molecule has 0 unspecified atom stereocenters. The smallest absolute Gasteiger partial charge is 0.344 e. The van der Waals surface area contributed by atoms with Crippen molar-refractivity contribution in [2.24, 2.45) is 0 Å². The maximum Gasteiger partial charge on any atom is 0.344 e. The highest BCUT2D eigenvalue weighted by Gasteiger charge is 2.17. The Kier molecular flexibility index (Phi) is 5.47. The zero-order chi connectivity index (χ0) is 20.5. The minimum absolute atomic E-state index is 0.139. The van der Waals surface area contributed by atoms with Crippen LogP contribution in [0.25, 0.3) is 22.1 Å². The van der Waals surface area contributed by atoms with Gasteiger partial charge in [-0.2, -0.15) is 0 Å². The van der Waals surface area contributed by atoms with E-state index in [-0.39, 0.29) is 12.0 Å². The van der Waals surface area contributed by atoms with Crippen molar-refractivity contribution in [3.63, 3.8) is 0 Å². The number of hydrogen-bond donors (Lipinski definition) is 0. The monoisotopic (exact) mass is 400 g/mol. The van der Waals surface area contributed by atoms with Crippen LogP contribution in [-0.4, -0.2) is 18.2 Å². The Morgan fingerprint density at radius 1 is 1.11 bits per heavy atom. The molecule has 0 aliphatic heterocycles. The van der Waals surface area contributed by atoms with Gasteiger partial charge in [-0.05, 0) is 57.5 Å². The summed E-state index contributed by atoms with van der Waals surface area (Å²) < 4.78 is 16.5. The Labute approximate surface area is 167 Å². The van der Waals surface area contributed by atoms with Crippen molar-refractivity contribution < 1.29 is 18.7 Å². The lowest BCUT2D eigenvalue weighted by Crippen LogP contribution is -2.27. The van der Waals surface area contributed by atoms with Crippen molar-refractivity contribution in [3.05, 3.63) is 63.5 Å². The Morgan fingerprint density at radius 2 is 1.79 bits per heavy atom. The fourth-order valence-corrected chi connectivity index (χ4v) is 2.97. The third-order valence-corrected chi connectivity index (χ3v) is 4.20. The molecule has 0 amide bonds. The third kappa shape index (κ3) is 4.54. The first kappa shape index (κ1) is 20.0. The molecule has 28 heavy (non-hydrogen) atoms. The number of hydrogen-bond acceptors (Lipinski definition) is 5. The average Bonchev–Trinajstić information content (AvgIpc) is 2.60. The normalized spacial score (nSPS) is 11.5. The second kappa shape index (κ2) is 7.68. The fourth-order valence-electron chi connectivity index (χ4n) is 2.84. The molecule has 2 aromatic carbocycles. The largest absolute Gasteiger partial charge is 0.482 e. The highest BCUT2D eigenvalue weighted by Crippen LogP contribution is 2.27. The number of carbonyl (C=O) groups is 1. The third-order valence-electron chi connectivity index (χ3n) is 3.95. The first-order valence-electron chi connectivity index (χ1n) is 8.82. The van der Waals surface area contributed by atoms with Gasteiger partial charge in [-0.3, -0.25) is 4.79 Å². The van der Waals surface area contributed by atoms with Crippen LogP contribution in [0.3, 0.4) is 0 Å². The second-order valence-corrected chi connectivity index (χ2v) is 7.84. The Morgan fingerprint density at radius 3 is 2.43 bits per heavy atom. The molecule has 0 saturated carbocycles. The van der Waals surface area contributed by atoms with Crippen LogP contribution in [0, 0.1) is 6.92 Å². The molecule has 0 fully saturated rings. The van der Waals surface area contributed by atoms with E-state index in [1.807, 2.05) is 0 Å². The van der Waals surface area contributed by atoms with Crippen molar-refractivity contribution >= 4 is 28.5 Å². The molecule has 0 spiro atoms. The van der Waals surface area contributed by atoms with E-state index in [4.69, 9.17) is 25.5 Å². The van der Waals surface area contributed by atoms with Crippen LogP contribution in [-0.2, 0) is 9.53 Å². The predicted molar refractivity (Wildman–Crippen MR) is 109 cm³/mol. The SMILES string of the molecule is Cc1oc2cc(OCC(=O)OC(C)(C)C)ccc2c(=O)c1-c1ccc(Cl)cc1.